The first kappa shape index (κ1) is 21.2. The van der Waals surface area contributed by atoms with Gasteiger partial charge in [0, 0.05) is 26.5 Å². The van der Waals surface area contributed by atoms with E-state index < -0.39 is 0 Å². The van der Waals surface area contributed by atoms with Gasteiger partial charge < -0.3 is 11.1 Å². The van der Waals surface area contributed by atoms with Crippen molar-refractivity contribution in [2.24, 2.45) is 9.98 Å². The molecule has 154 valence electrons. The number of hydrogen-bond donors (Lipinski definition) is 2. The van der Waals surface area contributed by atoms with Gasteiger partial charge in [-0.2, -0.15) is 0 Å². The van der Waals surface area contributed by atoms with E-state index in [-0.39, 0.29) is 0 Å². The second-order valence-corrected chi connectivity index (χ2v) is 8.05. The van der Waals surface area contributed by atoms with Crippen LogP contribution in [0.3, 0.4) is 0 Å². The smallest absolute Gasteiger partial charge is 0.0915 e. The summed E-state index contributed by atoms with van der Waals surface area (Å²) in [6.07, 6.45) is 5.74. The highest BCUT2D eigenvalue weighted by atomic mass is 35.5. The first-order chi connectivity index (χ1) is 15.0. The summed E-state index contributed by atoms with van der Waals surface area (Å²) in [5.74, 6) is 0. The molecule has 0 unspecified atom stereocenters. The van der Waals surface area contributed by atoms with Crippen LogP contribution in [0.2, 0.25) is 15.1 Å². The van der Waals surface area contributed by atoms with Crippen LogP contribution in [0.25, 0.3) is 0 Å². The van der Waals surface area contributed by atoms with Crippen LogP contribution in [0.1, 0.15) is 0 Å². The number of nitrogens with two attached hydrogens (primary N) is 1. The molecule has 0 amide bonds. The Morgan fingerprint density at radius 3 is 2.03 bits per heavy atom. The van der Waals surface area contributed by atoms with Crippen LogP contribution in [0.4, 0.5) is 22.7 Å². The van der Waals surface area contributed by atoms with Gasteiger partial charge in [0.15, 0.2) is 0 Å². The third-order valence-electron chi connectivity index (χ3n) is 4.42. The lowest BCUT2D eigenvalue weighted by atomic mass is 10.1. The summed E-state index contributed by atoms with van der Waals surface area (Å²) in [7, 11) is 0. The molecule has 0 spiro atoms. The minimum Gasteiger partial charge on any atom is -0.397 e. The van der Waals surface area contributed by atoms with Crippen molar-refractivity contribution in [2.75, 3.05) is 11.1 Å². The minimum absolute atomic E-state index is 0.526. The van der Waals surface area contributed by atoms with Gasteiger partial charge in [-0.25, -0.2) is 9.98 Å². The largest absolute Gasteiger partial charge is 0.397 e. The zero-order chi connectivity index (χ0) is 21.8. The summed E-state index contributed by atoms with van der Waals surface area (Å²) < 4.78 is 0. The van der Waals surface area contributed by atoms with E-state index in [1.807, 2.05) is 54.6 Å². The fraction of sp³-hybridized carbons (Fsp3) is 0. The lowest BCUT2D eigenvalue weighted by Gasteiger charge is -2.14. The Morgan fingerprint density at radius 2 is 1.32 bits per heavy atom. The first-order valence-corrected chi connectivity index (χ1v) is 10.5. The van der Waals surface area contributed by atoms with Gasteiger partial charge in [0.1, 0.15) is 0 Å². The number of nitrogens with zero attached hydrogens (tertiary/aromatic N) is 2. The summed E-state index contributed by atoms with van der Waals surface area (Å²) in [5.41, 5.74) is 11.0. The van der Waals surface area contributed by atoms with E-state index in [1.54, 1.807) is 30.3 Å². The van der Waals surface area contributed by atoms with Gasteiger partial charge in [-0.3, -0.25) is 0 Å². The fourth-order valence-corrected chi connectivity index (χ4v) is 3.30. The summed E-state index contributed by atoms with van der Waals surface area (Å²) in [6, 6.07) is 19.9. The van der Waals surface area contributed by atoms with Crippen LogP contribution in [0, 0.1) is 0 Å². The minimum atomic E-state index is 0.526. The lowest BCUT2D eigenvalue weighted by Crippen LogP contribution is -2.15. The van der Waals surface area contributed by atoms with Crippen LogP contribution < -0.4 is 11.1 Å². The third kappa shape index (κ3) is 5.56. The predicted octanol–water partition coefficient (Wildman–Crippen LogP) is 7.64. The van der Waals surface area contributed by atoms with Crippen molar-refractivity contribution in [3.05, 3.63) is 106 Å². The van der Waals surface area contributed by atoms with Gasteiger partial charge in [-0.05, 0) is 85.0 Å². The number of allylic oxidation sites excluding steroid dienone is 3. The molecule has 31 heavy (non-hydrogen) atoms. The van der Waals surface area contributed by atoms with Crippen molar-refractivity contribution in [3.63, 3.8) is 0 Å². The molecule has 0 saturated carbocycles. The Hall–Kier alpha value is -3.05. The molecule has 3 aromatic rings. The van der Waals surface area contributed by atoms with Crippen LogP contribution in [-0.2, 0) is 0 Å². The highest BCUT2D eigenvalue weighted by Crippen LogP contribution is 2.28. The van der Waals surface area contributed by atoms with E-state index in [4.69, 9.17) is 50.5 Å². The van der Waals surface area contributed by atoms with Crippen LogP contribution in [0.15, 0.2) is 101 Å². The number of aliphatic imine (C=N–C) groups is 2. The number of rotatable bonds is 4. The molecule has 7 heteroatoms. The van der Waals surface area contributed by atoms with Crippen molar-refractivity contribution in [1.29, 1.82) is 0 Å². The van der Waals surface area contributed by atoms with E-state index in [1.165, 1.54) is 0 Å². The van der Waals surface area contributed by atoms with Gasteiger partial charge >= 0.3 is 0 Å². The number of halogens is 3. The van der Waals surface area contributed by atoms with Gasteiger partial charge in [-0.15, -0.1) is 0 Å². The van der Waals surface area contributed by atoms with Crippen LogP contribution in [0.5, 0.6) is 0 Å². The number of hydrogen-bond acceptors (Lipinski definition) is 4. The molecule has 0 aliphatic heterocycles. The highest BCUT2D eigenvalue weighted by Gasteiger charge is 2.13. The average Bonchev–Trinajstić information content (AvgIpc) is 2.76. The second kappa shape index (κ2) is 9.40. The normalized spacial score (nSPS) is 15.9. The van der Waals surface area contributed by atoms with Gasteiger partial charge in [0.25, 0.3) is 0 Å². The number of benzene rings is 3. The van der Waals surface area contributed by atoms with E-state index >= 15 is 0 Å². The van der Waals surface area contributed by atoms with Crippen molar-refractivity contribution in [1.82, 2.24) is 0 Å². The molecule has 0 heterocycles. The molecule has 1 aliphatic rings. The second-order valence-electron chi connectivity index (χ2n) is 6.74. The summed E-state index contributed by atoms with van der Waals surface area (Å²) in [4.78, 5) is 9.46. The number of nitrogens with one attached hydrogen (secondary N) is 1. The maximum atomic E-state index is 6.14. The zero-order valence-electron chi connectivity index (χ0n) is 16.2. The Balaban J connectivity index is 1.73. The van der Waals surface area contributed by atoms with E-state index in [0.717, 1.165) is 17.1 Å². The first-order valence-electron chi connectivity index (χ1n) is 9.37. The number of nitrogen functional groups attached to an aromatic ring is 1. The Morgan fingerprint density at radius 1 is 0.677 bits per heavy atom. The van der Waals surface area contributed by atoms with E-state index in [9.17, 15) is 0 Å². The Bertz CT molecular complexity index is 1220. The van der Waals surface area contributed by atoms with Crippen molar-refractivity contribution < 1.29 is 0 Å². The zero-order valence-corrected chi connectivity index (χ0v) is 18.5. The molecule has 0 aromatic heterocycles. The Labute approximate surface area is 195 Å². The summed E-state index contributed by atoms with van der Waals surface area (Å²) in [6.45, 7) is 0. The van der Waals surface area contributed by atoms with Crippen LogP contribution in [-0.4, -0.2) is 11.4 Å². The molecule has 3 aromatic carbocycles. The third-order valence-corrected chi connectivity index (χ3v) is 5.16. The van der Waals surface area contributed by atoms with Crippen LogP contribution >= 0.6 is 34.8 Å². The molecular formula is C24H17Cl3N4. The van der Waals surface area contributed by atoms with Gasteiger partial charge in [-0.1, -0.05) is 34.8 Å². The maximum absolute atomic E-state index is 6.14. The lowest BCUT2D eigenvalue weighted by molar-refractivity contribution is 1.45. The highest BCUT2D eigenvalue weighted by molar-refractivity contribution is 6.52. The molecular weight excluding hydrogens is 451 g/mol. The fourth-order valence-electron chi connectivity index (χ4n) is 2.88. The maximum Gasteiger partial charge on any atom is 0.0915 e. The standard InChI is InChI=1S/C24H17Cl3N4/c25-15-1-6-18(7-2-15)29-20-10-12-22(30-19-8-3-16(26)4-9-19)24(14-20)31-23-13-17(27)5-11-21(23)28/h1-14,29H,28H2. The summed E-state index contributed by atoms with van der Waals surface area (Å²) in [5, 5.41) is 5.23. The SMILES string of the molecule is Nc1ccc(Cl)cc1N=C1C=C(Nc2ccc(Cl)cc2)C=CC1=Nc1ccc(Cl)cc1. The molecule has 0 saturated heterocycles. The number of anilines is 2. The molecule has 3 N–H and O–H groups in total. The Kier molecular flexibility index (Phi) is 6.42. The quantitative estimate of drug-likeness (QED) is 0.306. The molecule has 0 radical (unpaired) electrons. The molecule has 0 atom stereocenters. The monoisotopic (exact) mass is 466 g/mol. The molecule has 4 nitrogen and oxygen atoms in total. The van der Waals surface area contributed by atoms with Gasteiger partial charge in [0.05, 0.1) is 28.5 Å². The molecule has 0 fully saturated rings. The van der Waals surface area contributed by atoms with Crippen molar-refractivity contribution in [2.45, 2.75) is 0 Å². The van der Waals surface area contributed by atoms with E-state index in [2.05, 4.69) is 5.32 Å². The topological polar surface area (TPSA) is 62.8 Å². The average molecular weight is 468 g/mol. The molecule has 1 aliphatic carbocycles. The van der Waals surface area contributed by atoms with Crippen molar-refractivity contribution >= 4 is 69.0 Å². The molecule has 0 bridgehead atoms. The van der Waals surface area contributed by atoms with E-state index in [0.29, 0.717) is 37.9 Å². The van der Waals surface area contributed by atoms with Gasteiger partial charge in [0.2, 0.25) is 0 Å². The molecule has 4 rings (SSSR count). The summed E-state index contributed by atoms with van der Waals surface area (Å²) >= 11 is 18.1. The van der Waals surface area contributed by atoms with Crippen molar-refractivity contribution in [3.8, 4) is 0 Å². The predicted molar refractivity (Wildman–Crippen MR) is 134 cm³/mol.